The molecule has 0 aliphatic carbocycles. The second-order valence-electron chi connectivity index (χ2n) is 7.95. The molecule has 26 heavy (non-hydrogen) atoms. The van der Waals surface area contributed by atoms with E-state index in [1.807, 2.05) is 0 Å². The van der Waals surface area contributed by atoms with Crippen molar-refractivity contribution in [2.75, 3.05) is 16.8 Å². The first-order valence-electron chi connectivity index (χ1n) is 8.46. The van der Waals surface area contributed by atoms with Crippen LogP contribution in [0.1, 0.15) is 39.7 Å². The van der Waals surface area contributed by atoms with Crippen molar-refractivity contribution in [1.82, 2.24) is 5.32 Å². The van der Waals surface area contributed by atoms with Crippen molar-refractivity contribution < 1.29 is 22.7 Å². The Kier molecular flexibility index (Phi) is 5.65. The zero-order valence-corrected chi connectivity index (χ0v) is 16.4. The Morgan fingerprint density at radius 1 is 1.19 bits per heavy atom. The second kappa shape index (κ2) is 7.26. The van der Waals surface area contributed by atoms with Gasteiger partial charge in [0.05, 0.1) is 23.5 Å². The van der Waals surface area contributed by atoms with Crippen molar-refractivity contribution in [2.45, 2.75) is 51.7 Å². The van der Waals surface area contributed by atoms with E-state index >= 15 is 0 Å². The maximum Gasteiger partial charge on any atom is 0.412 e. The Balaban J connectivity index is 1.89. The second-order valence-corrected chi connectivity index (χ2v) is 10.1. The van der Waals surface area contributed by atoms with Crippen molar-refractivity contribution >= 4 is 27.5 Å². The van der Waals surface area contributed by atoms with E-state index in [-0.39, 0.29) is 23.8 Å². The molecular weight excluding hydrogens is 356 g/mol. The van der Waals surface area contributed by atoms with Gasteiger partial charge in [-0.15, -0.1) is 0 Å². The summed E-state index contributed by atoms with van der Waals surface area (Å²) in [4.78, 5) is 23.9. The number of amides is 2. The molecule has 0 aromatic heterocycles. The quantitative estimate of drug-likeness (QED) is 0.832. The standard InChI is InChI=1S/C18H26N2O5S/c1-17(2,3)25-16(22)19-14-7-5-13(6-8-14)11-15(21)20-18(4)9-10-26(23,24)12-18/h5-8H,9-12H2,1-4H3,(H,19,22)(H,20,21)/t18-/m0/s1. The molecule has 1 atom stereocenters. The molecule has 7 nitrogen and oxygen atoms in total. The van der Waals surface area contributed by atoms with Crippen LogP contribution in [-0.4, -0.2) is 43.1 Å². The van der Waals surface area contributed by atoms with Crippen LogP contribution in [0.2, 0.25) is 0 Å². The normalized spacial score (nSPS) is 21.8. The average molecular weight is 382 g/mol. The van der Waals surface area contributed by atoms with Crippen molar-refractivity contribution in [3.05, 3.63) is 29.8 Å². The predicted octanol–water partition coefficient (Wildman–Crippen LogP) is 2.27. The van der Waals surface area contributed by atoms with Gasteiger partial charge in [0.2, 0.25) is 5.91 Å². The SMILES string of the molecule is CC(C)(C)OC(=O)Nc1ccc(CC(=O)N[C@@]2(C)CCS(=O)(=O)C2)cc1. The van der Waals surface area contributed by atoms with Gasteiger partial charge in [0, 0.05) is 5.69 Å². The van der Waals surface area contributed by atoms with E-state index in [4.69, 9.17) is 4.74 Å². The van der Waals surface area contributed by atoms with E-state index in [0.717, 1.165) is 5.56 Å². The highest BCUT2D eigenvalue weighted by atomic mass is 32.2. The highest BCUT2D eigenvalue weighted by Gasteiger charge is 2.39. The van der Waals surface area contributed by atoms with E-state index < -0.39 is 27.1 Å². The van der Waals surface area contributed by atoms with E-state index in [1.54, 1.807) is 52.0 Å². The lowest BCUT2D eigenvalue weighted by atomic mass is 10.0. The summed E-state index contributed by atoms with van der Waals surface area (Å²) in [5.74, 6) is -0.142. The summed E-state index contributed by atoms with van der Waals surface area (Å²) in [5.41, 5.74) is 0.0547. The van der Waals surface area contributed by atoms with E-state index in [1.165, 1.54) is 0 Å². The number of carbonyl (C=O) groups excluding carboxylic acids is 2. The fourth-order valence-electron chi connectivity index (χ4n) is 2.80. The van der Waals surface area contributed by atoms with Crippen LogP contribution in [0.3, 0.4) is 0 Å². The highest BCUT2D eigenvalue weighted by Crippen LogP contribution is 2.23. The number of anilines is 1. The van der Waals surface area contributed by atoms with Crippen LogP contribution in [0.25, 0.3) is 0 Å². The molecule has 1 aromatic carbocycles. The third-order valence-corrected chi connectivity index (χ3v) is 5.81. The number of carbonyl (C=O) groups is 2. The van der Waals surface area contributed by atoms with Gasteiger partial charge in [-0.3, -0.25) is 10.1 Å². The van der Waals surface area contributed by atoms with E-state index in [2.05, 4.69) is 10.6 Å². The Bertz CT molecular complexity index is 781. The Labute approximate surface area is 154 Å². The van der Waals surface area contributed by atoms with Crippen LogP contribution < -0.4 is 10.6 Å². The first-order chi connectivity index (χ1) is 11.9. The zero-order chi connectivity index (χ0) is 19.6. The van der Waals surface area contributed by atoms with Crippen molar-refractivity contribution in [3.8, 4) is 0 Å². The average Bonchev–Trinajstić information content (AvgIpc) is 2.72. The summed E-state index contributed by atoms with van der Waals surface area (Å²) in [7, 11) is -3.07. The maximum absolute atomic E-state index is 12.2. The molecule has 1 heterocycles. The molecule has 8 heteroatoms. The van der Waals surface area contributed by atoms with Crippen molar-refractivity contribution in [3.63, 3.8) is 0 Å². The number of benzene rings is 1. The van der Waals surface area contributed by atoms with Crippen LogP contribution in [0.4, 0.5) is 10.5 Å². The van der Waals surface area contributed by atoms with Gasteiger partial charge in [-0.05, 0) is 51.8 Å². The Hall–Kier alpha value is -2.09. The monoisotopic (exact) mass is 382 g/mol. The molecule has 1 fully saturated rings. The first kappa shape index (κ1) is 20.2. The lowest BCUT2D eigenvalue weighted by Crippen LogP contribution is -2.47. The molecular formula is C18H26N2O5S. The van der Waals surface area contributed by atoms with Gasteiger partial charge in [0.1, 0.15) is 5.60 Å². The highest BCUT2D eigenvalue weighted by molar-refractivity contribution is 7.91. The molecule has 1 aliphatic heterocycles. The fraction of sp³-hybridized carbons (Fsp3) is 0.556. The lowest BCUT2D eigenvalue weighted by Gasteiger charge is -2.24. The molecule has 1 aromatic rings. The van der Waals surface area contributed by atoms with Gasteiger partial charge >= 0.3 is 6.09 Å². The molecule has 1 saturated heterocycles. The topological polar surface area (TPSA) is 102 Å². The maximum atomic E-state index is 12.2. The molecule has 0 bridgehead atoms. The Morgan fingerprint density at radius 2 is 1.81 bits per heavy atom. The first-order valence-corrected chi connectivity index (χ1v) is 10.3. The molecule has 2 amide bonds. The van der Waals surface area contributed by atoms with Gasteiger partial charge in [0.15, 0.2) is 9.84 Å². The largest absolute Gasteiger partial charge is 0.444 e. The van der Waals surface area contributed by atoms with Crippen LogP contribution in [0, 0.1) is 0 Å². The molecule has 0 saturated carbocycles. The lowest BCUT2D eigenvalue weighted by molar-refractivity contribution is -0.121. The molecule has 0 unspecified atom stereocenters. The number of ether oxygens (including phenoxy) is 1. The number of rotatable bonds is 4. The van der Waals surface area contributed by atoms with Crippen molar-refractivity contribution in [1.29, 1.82) is 0 Å². The van der Waals surface area contributed by atoms with Crippen LogP contribution >= 0.6 is 0 Å². The van der Waals surface area contributed by atoms with Crippen LogP contribution in [0.5, 0.6) is 0 Å². The van der Waals surface area contributed by atoms with Gasteiger partial charge in [-0.2, -0.15) is 0 Å². The third-order valence-electron chi connectivity index (χ3n) is 3.91. The minimum atomic E-state index is -3.07. The summed E-state index contributed by atoms with van der Waals surface area (Å²) in [6, 6.07) is 6.85. The molecule has 0 radical (unpaired) electrons. The number of hydrogen-bond acceptors (Lipinski definition) is 5. The minimum absolute atomic E-state index is 0.0233. The molecule has 2 N–H and O–H groups in total. The van der Waals surface area contributed by atoms with Gasteiger partial charge in [-0.1, -0.05) is 12.1 Å². The van der Waals surface area contributed by atoms with E-state index in [9.17, 15) is 18.0 Å². The fourth-order valence-corrected chi connectivity index (χ4v) is 4.90. The number of nitrogens with one attached hydrogen (secondary N) is 2. The van der Waals surface area contributed by atoms with Gasteiger partial charge < -0.3 is 10.1 Å². The predicted molar refractivity (Wildman–Crippen MR) is 99.8 cm³/mol. The summed E-state index contributed by atoms with van der Waals surface area (Å²) in [5, 5.41) is 5.45. The van der Waals surface area contributed by atoms with E-state index in [0.29, 0.717) is 12.1 Å². The smallest absolute Gasteiger partial charge is 0.412 e. The molecule has 1 aliphatic rings. The molecule has 0 spiro atoms. The van der Waals surface area contributed by atoms with Crippen LogP contribution in [0.15, 0.2) is 24.3 Å². The third kappa shape index (κ3) is 6.33. The van der Waals surface area contributed by atoms with Gasteiger partial charge in [0.25, 0.3) is 0 Å². The van der Waals surface area contributed by atoms with Crippen LogP contribution in [-0.2, 0) is 25.8 Å². The number of sulfone groups is 1. The summed E-state index contributed by atoms with van der Waals surface area (Å²) in [6.45, 7) is 7.10. The zero-order valence-electron chi connectivity index (χ0n) is 15.6. The molecule has 144 valence electrons. The minimum Gasteiger partial charge on any atom is -0.444 e. The van der Waals surface area contributed by atoms with Crippen molar-refractivity contribution in [2.24, 2.45) is 0 Å². The summed E-state index contributed by atoms with van der Waals surface area (Å²) < 4.78 is 28.4. The summed E-state index contributed by atoms with van der Waals surface area (Å²) >= 11 is 0. The molecule has 2 rings (SSSR count). The summed E-state index contributed by atoms with van der Waals surface area (Å²) in [6.07, 6.45) is 0.0284. The Morgan fingerprint density at radius 3 is 2.31 bits per heavy atom. The number of hydrogen-bond donors (Lipinski definition) is 2. The van der Waals surface area contributed by atoms with Gasteiger partial charge in [-0.25, -0.2) is 13.2 Å².